The van der Waals surface area contributed by atoms with Gasteiger partial charge in [0.1, 0.15) is 11.4 Å². The van der Waals surface area contributed by atoms with Crippen LogP contribution in [0, 0.1) is 23.7 Å². The summed E-state index contributed by atoms with van der Waals surface area (Å²) in [5.74, 6) is 3.66. The number of hydrogen-bond acceptors (Lipinski definition) is 3. The minimum absolute atomic E-state index is 0.522. The van der Waals surface area contributed by atoms with Gasteiger partial charge in [0.15, 0.2) is 0 Å². The third kappa shape index (κ3) is 3.98. The number of nitrogens with one attached hydrogen (secondary N) is 1. The Morgan fingerprint density at radius 3 is 2.28 bits per heavy atom. The molecule has 4 saturated carbocycles. The molecule has 4 fully saturated rings. The zero-order valence-electron chi connectivity index (χ0n) is 18.1. The molecule has 4 aliphatic carbocycles. The van der Waals surface area contributed by atoms with E-state index in [1.54, 1.807) is 10.9 Å². The molecule has 1 N–H and O–H groups in total. The summed E-state index contributed by atoms with van der Waals surface area (Å²) in [6.45, 7) is 1.28. The zero-order valence-corrected chi connectivity index (χ0v) is 19.6. The predicted molar refractivity (Wildman–Crippen MR) is 129 cm³/mol. The molecular weight excluding hydrogens is 439 g/mol. The predicted octanol–water partition coefficient (Wildman–Crippen LogP) is 6.21. The molecule has 0 saturated heterocycles. The van der Waals surface area contributed by atoms with E-state index in [1.807, 2.05) is 18.2 Å². The number of nitrogens with zero attached hydrogens (tertiary/aromatic N) is 3. The van der Waals surface area contributed by atoms with E-state index in [9.17, 15) is 0 Å². The Bertz CT molecular complexity index is 1080. The highest BCUT2D eigenvalue weighted by Crippen LogP contribution is 2.53. The maximum atomic E-state index is 6.41. The second kappa shape index (κ2) is 8.48. The first-order valence-corrected chi connectivity index (χ1v) is 12.5. The summed E-state index contributed by atoms with van der Waals surface area (Å²) in [7, 11) is 0. The Balaban J connectivity index is 1.25. The van der Waals surface area contributed by atoms with Gasteiger partial charge in [0.05, 0.1) is 6.54 Å². The van der Waals surface area contributed by atoms with Gasteiger partial charge >= 0.3 is 0 Å². The summed E-state index contributed by atoms with van der Waals surface area (Å²) in [5, 5.41) is 15.0. The van der Waals surface area contributed by atoms with Gasteiger partial charge in [0, 0.05) is 28.2 Å². The van der Waals surface area contributed by atoms with Gasteiger partial charge in [0.25, 0.3) is 0 Å². The number of aromatic nitrogens is 3. The van der Waals surface area contributed by atoms with Gasteiger partial charge in [-0.25, -0.2) is 0 Å². The van der Waals surface area contributed by atoms with Crippen molar-refractivity contribution in [3.63, 3.8) is 0 Å². The summed E-state index contributed by atoms with van der Waals surface area (Å²) in [5.41, 5.74) is 4.02. The van der Waals surface area contributed by atoms with Gasteiger partial charge in [-0.05, 0) is 73.5 Å². The van der Waals surface area contributed by atoms with Gasteiger partial charge in [-0.2, -0.15) is 15.0 Å². The van der Waals surface area contributed by atoms with Crippen LogP contribution in [0.15, 0.2) is 48.5 Å². The third-order valence-electron chi connectivity index (χ3n) is 7.83. The molecule has 4 nitrogen and oxygen atoms in total. The molecule has 32 heavy (non-hydrogen) atoms. The molecule has 4 aliphatic rings. The van der Waals surface area contributed by atoms with Crippen LogP contribution in [0.4, 0.5) is 0 Å². The summed E-state index contributed by atoms with van der Waals surface area (Å²) in [4.78, 5) is 1.77. The summed E-state index contributed by atoms with van der Waals surface area (Å²) >= 11 is 12.5. The fourth-order valence-corrected chi connectivity index (χ4v) is 7.14. The van der Waals surface area contributed by atoms with Crippen molar-refractivity contribution in [1.29, 1.82) is 0 Å². The first-order valence-electron chi connectivity index (χ1n) is 11.8. The SMILES string of the molecule is Clc1ccc(Cn2nc(CNC3C4CC5CC(C4)CC3C5)c(-c3ccccc3)n2)c(Cl)c1. The molecule has 1 aromatic heterocycles. The minimum Gasteiger partial charge on any atom is -0.308 e. The smallest absolute Gasteiger partial charge is 0.117 e. The van der Waals surface area contributed by atoms with Gasteiger partial charge in [-0.3, -0.25) is 0 Å². The molecule has 4 bridgehead atoms. The molecular formula is C26H28Cl2N4. The molecule has 0 spiro atoms. The van der Waals surface area contributed by atoms with Crippen molar-refractivity contribution in [2.24, 2.45) is 23.7 Å². The molecule has 166 valence electrons. The lowest BCUT2D eigenvalue weighted by Gasteiger charge is -2.54. The van der Waals surface area contributed by atoms with Crippen molar-refractivity contribution < 1.29 is 0 Å². The first-order chi connectivity index (χ1) is 15.6. The molecule has 2 aromatic carbocycles. The highest BCUT2D eigenvalue weighted by atomic mass is 35.5. The van der Waals surface area contributed by atoms with E-state index in [-0.39, 0.29) is 0 Å². The molecule has 7 rings (SSSR count). The molecule has 0 unspecified atom stereocenters. The number of benzene rings is 2. The lowest BCUT2D eigenvalue weighted by molar-refractivity contribution is -0.0143. The highest BCUT2D eigenvalue weighted by molar-refractivity contribution is 6.35. The van der Waals surface area contributed by atoms with Crippen LogP contribution in [0.2, 0.25) is 10.0 Å². The van der Waals surface area contributed by atoms with Crippen molar-refractivity contribution in [3.8, 4) is 11.3 Å². The fourth-order valence-electron chi connectivity index (χ4n) is 6.67. The molecule has 1 heterocycles. The fraction of sp³-hybridized carbons (Fsp3) is 0.462. The van der Waals surface area contributed by atoms with Gasteiger partial charge in [0.2, 0.25) is 0 Å². The van der Waals surface area contributed by atoms with Crippen LogP contribution in [0.1, 0.15) is 43.4 Å². The minimum atomic E-state index is 0.522. The Morgan fingerprint density at radius 2 is 1.59 bits per heavy atom. The highest BCUT2D eigenvalue weighted by Gasteiger charge is 2.47. The van der Waals surface area contributed by atoms with E-state index in [4.69, 9.17) is 33.4 Å². The number of halogens is 2. The molecule has 0 radical (unpaired) electrons. The average Bonchev–Trinajstić information content (AvgIpc) is 3.18. The van der Waals surface area contributed by atoms with Crippen molar-refractivity contribution in [1.82, 2.24) is 20.3 Å². The standard InChI is InChI=1S/C26H28Cl2N4/c27-22-7-6-19(23(28)13-22)15-32-30-24(26(31-32)18-4-2-1-3-5-18)14-29-25-20-9-16-8-17(11-20)12-21(25)10-16/h1-7,13,16-17,20-21,25,29H,8-12,14-15H2. The van der Waals surface area contributed by atoms with E-state index >= 15 is 0 Å². The van der Waals surface area contributed by atoms with Crippen LogP contribution in [0.5, 0.6) is 0 Å². The van der Waals surface area contributed by atoms with Gasteiger partial charge in [-0.15, -0.1) is 0 Å². The van der Waals surface area contributed by atoms with E-state index in [1.165, 1.54) is 32.1 Å². The summed E-state index contributed by atoms with van der Waals surface area (Å²) in [6.07, 6.45) is 7.14. The molecule has 0 aliphatic heterocycles. The number of rotatable bonds is 6. The Kier molecular flexibility index (Phi) is 5.49. The molecule has 6 heteroatoms. The summed E-state index contributed by atoms with van der Waals surface area (Å²) < 4.78 is 0. The van der Waals surface area contributed by atoms with Crippen LogP contribution in [0.25, 0.3) is 11.3 Å². The van der Waals surface area contributed by atoms with Crippen LogP contribution < -0.4 is 5.32 Å². The maximum Gasteiger partial charge on any atom is 0.117 e. The van der Waals surface area contributed by atoms with Gasteiger partial charge in [-0.1, -0.05) is 59.6 Å². The van der Waals surface area contributed by atoms with Crippen molar-refractivity contribution >= 4 is 23.2 Å². The summed E-state index contributed by atoms with van der Waals surface area (Å²) in [6, 6.07) is 16.6. The molecule has 3 aromatic rings. The van der Waals surface area contributed by atoms with Crippen molar-refractivity contribution in [3.05, 3.63) is 69.8 Å². The van der Waals surface area contributed by atoms with Crippen molar-refractivity contribution in [2.45, 2.75) is 51.2 Å². The quantitative estimate of drug-likeness (QED) is 0.469. The maximum absolute atomic E-state index is 6.41. The normalized spacial score (nSPS) is 28.4. The molecule has 0 amide bonds. The third-order valence-corrected chi connectivity index (χ3v) is 8.42. The number of hydrogen-bond donors (Lipinski definition) is 1. The first kappa shape index (κ1) is 20.7. The van der Waals surface area contributed by atoms with E-state index in [0.717, 1.165) is 52.7 Å². The lowest BCUT2D eigenvalue weighted by atomic mass is 9.54. The van der Waals surface area contributed by atoms with E-state index in [2.05, 4.69) is 29.6 Å². The largest absolute Gasteiger partial charge is 0.308 e. The monoisotopic (exact) mass is 466 g/mol. The Labute approximate surface area is 199 Å². The lowest BCUT2D eigenvalue weighted by Crippen LogP contribution is -2.54. The van der Waals surface area contributed by atoms with Crippen LogP contribution >= 0.6 is 23.2 Å². The molecule has 0 atom stereocenters. The van der Waals surface area contributed by atoms with Crippen LogP contribution in [-0.4, -0.2) is 21.0 Å². The zero-order chi connectivity index (χ0) is 21.7. The van der Waals surface area contributed by atoms with E-state index in [0.29, 0.717) is 22.6 Å². The second-order valence-corrected chi connectivity index (χ2v) is 10.8. The van der Waals surface area contributed by atoms with E-state index < -0.39 is 0 Å². The van der Waals surface area contributed by atoms with Gasteiger partial charge < -0.3 is 5.32 Å². The van der Waals surface area contributed by atoms with Crippen LogP contribution in [-0.2, 0) is 13.1 Å². The topological polar surface area (TPSA) is 42.7 Å². The Hall–Kier alpha value is -1.88. The Morgan fingerprint density at radius 1 is 0.875 bits per heavy atom. The second-order valence-electron chi connectivity index (χ2n) is 9.96. The van der Waals surface area contributed by atoms with Crippen molar-refractivity contribution in [2.75, 3.05) is 0 Å². The van der Waals surface area contributed by atoms with Crippen LogP contribution in [0.3, 0.4) is 0 Å². The average molecular weight is 467 g/mol.